The van der Waals surface area contributed by atoms with Crippen molar-refractivity contribution in [3.05, 3.63) is 58.3 Å². The Morgan fingerprint density at radius 3 is 2.46 bits per heavy atom. The molecular formula is C19H19BrFNO3S. The van der Waals surface area contributed by atoms with Crippen molar-refractivity contribution >= 4 is 31.6 Å². The number of halogens is 2. The highest BCUT2D eigenvalue weighted by Gasteiger charge is 2.53. The molecule has 7 heteroatoms. The molecule has 0 saturated carbocycles. The predicted octanol–water partition coefficient (Wildman–Crippen LogP) is 4.23. The van der Waals surface area contributed by atoms with Crippen LogP contribution in [0.25, 0.3) is 0 Å². The van der Waals surface area contributed by atoms with E-state index >= 15 is 0 Å². The molecule has 0 amide bonds. The molecule has 4 rings (SSSR count). The summed E-state index contributed by atoms with van der Waals surface area (Å²) in [6.07, 6.45) is 1.54. The van der Waals surface area contributed by atoms with E-state index in [2.05, 4.69) is 15.9 Å². The Kier molecular flexibility index (Phi) is 4.36. The molecule has 1 spiro atoms. The fraction of sp³-hybridized carbons (Fsp3) is 0.368. The van der Waals surface area contributed by atoms with Crippen molar-refractivity contribution in [1.82, 2.24) is 0 Å². The van der Waals surface area contributed by atoms with Gasteiger partial charge >= 0.3 is 0 Å². The summed E-state index contributed by atoms with van der Waals surface area (Å²) >= 11 is 3.52. The Balaban J connectivity index is 1.89. The first-order valence-electron chi connectivity index (χ1n) is 8.54. The van der Waals surface area contributed by atoms with Crippen molar-refractivity contribution in [1.29, 1.82) is 0 Å². The van der Waals surface area contributed by atoms with Crippen molar-refractivity contribution in [2.45, 2.75) is 36.1 Å². The zero-order valence-electron chi connectivity index (χ0n) is 14.3. The van der Waals surface area contributed by atoms with Crippen LogP contribution in [-0.2, 0) is 20.2 Å². The molecule has 2 heterocycles. The molecular weight excluding hydrogens is 421 g/mol. The molecule has 0 bridgehead atoms. The quantitative estimate of drug-likeness (QED) is 0.702. The Morgan fingerprint density at radius 2 is 1.81 bits per heavy atom. The van der Waals surface area contributed by atoms with Crippen LogP contribution in [0.3, 0.4) is 0 Å². The van der Waals surface area contributed by atoms with Crippen LogP contribution in [0.15, 0.2) is 51.8 Å². The summed E-state index contributed by atoms with van der Waals surface area (Å²) in [4.78, 5) is 0.101. The lowest BCUT2D eigenvalue weighted by atomic mass is 9.71. The number of fused-ring (bicyclic) bond motifs is 2. The number of rotatable bonds is 2. The molecule has 2 aliphatic rings. The molecule has 4 nitrogen and oxygen atoms in total. The van der Waals surface area contributed by atoms with Crippen molar-refractivity contribution in [3.8, 4) is 0 Å². The minimum Gasteiger partial charge on any atom is -0.381 e. The smallest absolute Gasteiger partial charge is 0.264 e. The van der Waals surface area contributed by atoms with Crippen LogP contribution in [0.1, 0.15) is 25.3 Å². The third-order valence-electron chi connectivity index (χ3n) is 5.64. The first kappa shape index (κ1) is 17.9. The average molecular weight is 440 g/mol. The van der Waals surface area contributed by atoms with Crippen LogP contribution >= 0.6 is 15.9 Å². The monoisotopic (exact) mass is 439 g/mol. The summed E-state index contributed by atoms with van der Waals surface area (Å²) in [5.41, 5.74) is 1.46. The van der Waals surface area contributed by atoms with Crippen LogP contribution in [0.5, 0.6) is 0 Å². The summed E-state index contributed by atoms with van der Waals surface area (Å²) in [5, 5.41) is 0. The molecule has 26 heavy (non-hydrogen) atoms. The second-order valence-electron chi connectivity index (χ2n) is 6.86. The maximum absolute atomic E-state index is 13.4. The second kappa shape index (κ2) is 6.32. The molecule has 1 atom stereocenters. The van der Waals surface area contributed by atoms with Gasteiger partial charge in [-0.15, -0.1) is 0 Å². The van der Waals surface area contributed by atoms with Crippen LogP contribution in [-0.4, -0.2) is 27.7 Å². The van der Waals surface area contributed by atoms with Gasteiger partial charge in [0.1, 0.15) is 5.82 Å². The van der Waals surface area contributed by atoms with E-state index in [4.69, 9.17) is 4.74 Å². The van der Waals surface area contributed by atoms with Crippen molar-refractivity contribution in [2.24, 2.45) is 0 Å². The van der Waals surface area contributed by atoms with Crippen LogP contribution in [0.2, 0.25) is 0 Å². The number of nitrogens with zero attached hydrogens (tertiary/aromatic N) is 1. The molecule has 2 aromatic rings. The van der Waals surface area contributed by atoms with E-state index in [0.717, 1.165) is 22.9 Å². The molecule has 0 radical (unpaired) electrons. The maximum Gasteiger partial charge on any atom is 0.264 e. The van der Waals surface area contributed by atoms with E-state index in [9.17, 15) is 12.8 Å². The van der Waals surface area contributed by atoms with Gasteiger partial charge in [-0.2, -0.15) is 0 Å². The minimum absolute atomic E-state index is 0.101. The summed E-state index contributed by atoms with van der Waals surface area (Å²) in [6.45, 7) is 3.18. The number of hydrogen-bond acceptors (Lipinski definition) is 3. The minimum atomic E-state index is -3.80. The highest BCUT2D eigenvalue weighted by atomic mass is 79.9. The van der Waals surface area contributed by atoms with E-state index in [0.29, 0.717) is 18.9 Å². The zero-order chi connectivity index (χ0) is 18.5. The van der Waals surface area contributed by atoms with Crippen molar-refractivity contribution in [2.75, 3.05) is 17.5 Å². The zero-order valence-corrected chi connectivity index (χ0v) is 16.7. The first-order chi connectivity index (χ1) is 12.4. The van der Waals surface area contributed by atoms with E-state index in [1.807, 2.05) is 25.1 Å². The number of hydrogen-bond donors (Lipinski definition) is 0. The highest BCUT2D eigenvalue weighted by Crippen LogP contribution is 2.53. The normalized spacial score (nSPS) is 21.8. The number of benzene rings is 2. The Labute approximate surface area is 161 Å². The molecule has 0 N–H and O–H groups in total. The maximum atomic E-state index is 13.4. The van der Waals surface area contributed by atoms with Gasteiger partial charge in [-0.25, -0.2) is 12.8 Å². The number of ether oxygens (including phenoxy) is 1. The third kappa shape index (κ3) is 2.60. The fourth-order valence-corrected chi connectivity index (χ4v) is 6.34. The summed E-state index contributed by atoms with van der Waals surface area (Å²) in [5.74, 6) is -0.455. The lowest BCUT2D eigenvalue weighted by Gasteiger charge is -2.39. The molecule has 1 saturated heterocycles. The van der Waals surface area contributed by atoms with Crippen LogP contribution in [0, 0.1) is 5.82 Å². The SMILES string of the molecule is CC1N(S(=O)(=O)c2ccc(F)cc2)c2ccc(Br)cc2C12CCOCC2. The van der Waals surface area contributed by atoms with Gasteiger partial charge in [0.15, 0.2) is 0 Å². The fourth-order valence-electron chi connectivity index (χ4n) is 4.24. The predicted molar refractivity (Wildman–Crippen MR) is 101 cm³/mol. The molecule has 2 aliphatic heterocycles. The number of sulfonamides is 1. The summed E-state index contributed by atoms with van der Waals surface area (Å²) in [6, 6.07) is 10.5. The number of anilines is 1. The van der Waals surface area contributed by atoms with Gasteiger partial charge in [0, 0.05) is 23.1 Å². The topological polar surface area (TPSA) is 46.6 Å². The van der Waals surface area contributed by atoms with Gasteiger partial charge in [-0.1, -0.05) is 15.9 Å². The second-order valence-corrected chi connectivity index (χ2v) is 9.59. The lowest BCUT2D eigenvalue weighted by Crippen LogP contribution is -2.48. The summed E-state index contributed by atoms with van der Waals surface area (Å²) < 4.78 is 48.0. The van der Waals surface area contributed by atoms with Crippen molar-refractivity contribution in [3.63, 3.8) is 0 Å². The van der Waals surface area contributed by atoms with Gasteiger partial charge in [-0.3, -0.25) is 4.31 Å². The molecule has 1 unspecified atom stereocenters. The standard InChI is InChI=1S/C19H19BrFNO3S/c1-13-19(8-10-25-11-9-19)17-12-14(20)2-7-18(17)22(13)26(23,24)16-5-3-15(21)4-6-16/h2-7,12-13H,8-11H2,1H3. The van der Waals surface area contributed by atoms with E-state index < -0.39 is 15.8 Å². The average Bonchev–Trinajstić information content (AvgIpc) is 2.85. The van der Waals surface area contributed by atoms with Gasteiger partial charge in [0.05, 0.1) is 16.6 Å². The summed E-state index contributed by atoms with van der Waals surface area (Å²) in [7, 11) is -3.80. The lowest BCUT2D eigenvalue weighted by molar-refractivity contribution is 0.0465. The molecule has 0 aliphatic carbocycles. The Morgan fingerprint density at radius 1 is 1.15 bits per heavy atom. The first-order valence-corrected chi connectivity index (χ1v) is 10.8. The van der Waals surface area contributed by atoms with E-state index in [-0.39, 0.29) is 16.4 Å². The Hall–Kier alpha value is -1.44. The third-order valence-corrected chi connectivity index (χ3v) is 8.03. The van der Waals surface area contributed by atoms with Crippen LogP contribution < -0.4 is 4.31 Å². The van der Waals surface area contributed by atoms with Gasteiger partial charge in [-0.05, 0) is 67.8 Å². The molecule has 1 fully saturated rings. The van der Waals surface area contributed by atoms with E-state index in [1.165, 1.54) is 28.6 Å². The molecule has 2 aromatic carbocycles. The molecule has 0 aromatic heterocycles. The largest absolute Gasteiger partial charge is 0.381 e. The highest BCUT2D eigenvalue weighted by molar-refractivity contribution is 9.10. The van der Waals surface area contributed by atoms with Gasteiger partial charge in [0.25, 0.3) is 10.0 Å². The van der Waals surface area contributed by atoms with Crippen molar-refractivity contribution < 1.29 is 17.5 Å². The van der Waals surface area contributed by atoms with Gasteiger partial charge < -0.3 is 4.74 Å². The Bertz CT molecular complexity index is 940. The van der Waals surface area contributed by atoms with Crippen LogP contribution in [0.4, 0.5) is 10.1 Å². The molecule has 138 valence electrons. The van der Waals surface area contributed by atoms with Gasteiger partial charge in [0.2, 0.25) is 0 Å². The van der Waals surface area contributed by atoms with E-state index in [1.54, 1.807) is 0 Å².